The van der Waals surface area contributed by atoms with E-state index in [1.165, 1.54) is 167 Å². The molecule has 0 N–H and O–H groups in total. The molecule has 350 valence electrons. The fraction of sp³-hybridized carbons (Fsp3) is 0.284. The number of benzene rings is 8. The molecule has 9 rings (SSSR count). The van der Waals surface area contributed by atoms with Gasteiger partial charge in [-0.2, -0.15) is 0 Å². The minimum atomic E-state index is -0.151. The van der Waals surface area contributed by atoms with Crippen molar-refractivity contribution < 1.29 is 0 Å². The lowest BCUT2D eigenvalue weighted by Gasteiger charge is -2.35. The third kappa shape index (κ3) is 10.5. The van der Waals surface area contributed by atoms with Gasteiger partial charge in [0.25, 0.3) is 0 Å². The quantitative estimate of drug-likeness (QED) is 0.0625. The predicted molar refractivity (Wildman–Crippen MR) is 298 cm³/mol. The number of fused-ring (bicyclic) bond motifs is 3. The van der Waals surface area contributed by atoms with Crippen LogP contribution in [0.25, 0.3) is 33.4 Å². The first-order valence-electron chi connectivity index (χ1n) is 26.3. The molecule has 69 heavy (non-hydrogen) atoms. The fourth-order valence-electron chi connectivity index (χ4n) is 11.1. The summed E-state index contributed by atoms with van der Waals surface area (Å²) in [5.41, 5.74) is 20.2. The minimum Gasteiger partial charge on any atom is -0.310 e. The molecule has 0 bridgehead atoms. The summed E-state index contributed by atoms with van der Waals surface area (Å²) in [5.74, 6) is 0. The summed E-state index contributed by atoms with van der Waals surface area (Å²) >= 11 is 0. The topological polar surface area (TPSA) is 6.48 Å². The molecule has 0 atom stereocenters. The van der Waals surface area contributed by atoms with Crippen molar-refractivity contribution in [1.29, 1.82) is 0 Å². The van der Waals surface area contributed by atoms with E-state index in [0.717, 1.165) is 12.8 Å². The summed E-state index contributed by atoms with van der Waals surface area (Å²) in [6, 6.07) is 73.0. The molecule has 0 spiro atoms. The van der Waals surface area contributed by atoms with E-state index in [0.29, 0.717) is 0 Å². The number of hydrogen-bond donors (Lipinski definition) is 0. The monoisotopic (exact) mass is 905 g/mol. The Labute approximate surface area is 414 Å². The van der Waals surface area contributed by atoms with Gasteiger partial charge in [-0.25, -0.2) is 0 Å². The number of nitrogens with zero attached hydrogens (tertiary/aromatic N) is 2. The lowest BCUT2D eigenvalue weighted by atomic mass is 9.70. The number of hydrogen-bond acceptors (Lipinski definition) is 2. The zero-order valence-electron chi connectivity index (χ0n) is 41.8. The van der Waals surface area contributed by atoms with Gasteiger partial charge >= 0.3 is 0 Å². The van der Waals surface area contributed by atoms with Gasteiger partial charge in [0.05, 0.1) is 11.4 Å². The van der Waals surface area contributed by atoms with E-state index in [9.17, 15) is 0 Å². The number of rotatable bonds is 22. The summed E-state index contributed by atoms with van der Waals surface area (Å²) in [4.78, 5) is 5.05. The van der Waals surface area contributed by atoms with Crippen LogP contribution in [0.1, 0.15) is 126 Å². The van der Waals surface area contributed by atoms with Gasteiger partial charge < -0.3 is 9.80 Å². The summed E-state index contributed by atoms with van der Waals surface area (Å²) in [6.07, 6.45) is 17.6. The standard InChI is InChI=1S/C67H72N2/c1-5-7-9-11-13-25-47-67(48-26-14-12-10-8-6-2)63-49-57(68(55-39-35-51(3)36-40-55)65-33-23-21-31-59(65)53-27-17-15-18-28-53)43-45-61(63)62-46-44-58(50-64(62)67)69(56-41-37-52(4)38-42-56)66-34-24-22-32-60(66)54-29-19-16-20-30-54/h15-24,27-46,49-50H,5-14,25-26,47-48H2,1-4H3. The van der Waals surface area contributed by atoms with Crippen LogP contribution in [0.15, 0.2) is 194 Å². The molecule has 0 amide bonds. The Kier molecular flexibility index (Phi) is 15.6. The zero-order chi connectivity index (χ0) is 47.4. The van der Waals surface area contributed by atoms with E-state index in [1.54, 1.807) is 0 Å². The molecule has 0 radical (unpaired) electrons. The number of unbranched alkanes of at least 4 members (excludes halogenated alkanes) is 10. The van der Waals surface area contributed by atoms with E-state index >= 15 is 0 Å². The molecule has 0 aliphatic heterocycles. The lowest BCUT2D eigenvalue weighted by molar-refractivity contribution is 0.398. The highest BCUT2D eigenvalue weighted by Crippen LogP contribution is 2.57. The Morgan fingerprint density at radius 1 is 0.319 bits per heavy atom. The molecule has 1 aliphatic carbocycles. The van der Waals surface area contributed by atoms with Gasteiger partial charge in [-0.1, -0.05) is 235 Å². The molecule has 2 heteroatoms. The smallest absolute Gasteiger partial charge is 0.0540 e. The summed E-state index contributed by atoms with van der Waals surface area (Å²) in [5, 5.41) is 0. The van der Waals surface area contributed by atoms with E-state index in [1.807, 2.05) is 0 Å². The van der Waals surface area contributed by atoms with Crippen LogP contribution < -0.4 is 9.80 Å². The van der Waals surface area contributed by atoms with Crippen LogP contribution in [0.3, 0.4) is 0 Å². The molecule has 8 aromatic rings. The van der Waals surface area contributed by atoms with Crippen LogP contribution in [-0.4, -0.2) is 0 Å². The Bertz CT molecular complexity index is 2680. The molecule has 0 heterocycles. The third-order valence-corrected chi connectivity index (χ3v) is 14.8. The SMILES string of the molecule is CCCCCCCCC1(CCCCCCCC)c2cc(N(c3ccc(C)cc3)c3ccccc3-c3ccccc3)ccc2-c2ccc(N(c3ccc(C)cc3)c3ccccc3-c3ccccc3)cc21. The van der Waals surface area contributed by atoms with Crippen LogP contribution in [0.5, 0.6) is 0 Å². The summed E-state index contributed by atoms with van der Waals surface area (Å²) in [7, 11) is 0. The van der Waals surface area contributed by atoms with Crippen LogP contribution in [-0.2, 0) is 5.41 Å². The molecule has 0 aromatic heterocycles. The van der Waals surface area contributed by atoms with Gasteiger partial charge in [0.15, 0.2) is 0 Å². The number of aryl methyl sites for hydroxylation is 2. The Balaban J connectivity index is 1.24. The molecular formula is C67H72N2. The van der Waals surface area contributed by atoms with Crippen LogP contribution in [0.4, 0.5) is 34.1 Å². The summed E-state index contributed by atoms with van der Waals surface area (Å²) in [6.45, 7) is 9.03. The van der Waals surface area contributed by atoms with E-state index in [-0.39, 0.29) is 5.41 Å². The summed E-state index contributed by atoms with van der Waals surface area (Å²) < 4.78 is 0. The molecule has 0 unspecified atom stereocenters. The second-order valence-electron chi connectivity index (χ2n) is 19.7. The molecule has 0 fully saturated rings. The Morgan fingerprint density at radius 2 is 0.667 bits per heavy atom. The maximum absolute atomic E-state index is 2.62. The molecule has 0 saturated heterocycles. The average molecular weight is 905 g/mol. The van der Waals surface area contributed by atoms with Crippen molar-refractivity contribution in [3.8, 4) is 33.4 Å². The Hall–Kier alpha value is -6.64. The average Bonchev–Trinajstić information content (AvgIpc) is 3.66. The molecular weight excluding hydrogens is 833 g/mol. The normalized spacial score (nSPS) is 12.4. The third-order valence-electron chi connectivity index (χ3n) is 14.8. The first kappa shape index (κ1) is 47.4. The minimum absolute atomic E-state index is 0.151. The molecule has 0 saturated carbocycles. The highest BCUT2D eigenvalue weighted by Gasteiger charge is 2.43. The number of para-hydroxylation sites is 2. The van der Waals surface area contributed by atoms with Crippen LogP contribution >= 0.6 is 0 Å². The maximum Gasteiger partial charge on any atom is 0.0540 e. The highest BCUT2D eigenvalue weighted by atomic mass is 15.2. The van der Waals surface area contributed by atoms with E-state index in [4.69, 9.17) is 0 Å². The predicted octanol–water partition coefficient (Wildman–Crippen LogP) is 20.3. The highest BCUT2D eigenvalue weighted by molar-refractivity contribution is 5.93. The zero-order valence-corrected chi connectivity index (χ0v) is 41.8. The van der Waals surface area contributed by atoms with Crippen molar-refractivity contribution in [3.63, 3.8) is 0 Å². The van der Waals surface area contributed by atoms with Crippen molar-refractivity contribution in [1.82, 2.24) is 0 Å². The van der Waals surface area contributed by atoms with Gasteiger partial charge in [-0.3, -0.25) is 0 Å². The van der Waals surface area contributed by atoms with Crippen LogP contribution in [0, 0.1) is 13.8 Å². The molecule has 8 aromatic carbocycles. The van der Waals surface area contributed by atoms with Gasteiger partial charge in [0, 0.05) is 39.3 Å². The van der Waals surface area contributed by atoms with Gasteiger partial charge in [0.2, 0.25) is 0 Å². The first-order valence-corrected chi connectivity index (χ1v) is 26.3. The van der Waals surface area contributed by atoms with Gasteiger partial charge in [0.1, 0.15) is 0 Å². The van der Waals surface area contributed by atoms with Crippen LogP contribution in [0.2, 0.25) is 0 Å². The first-order chi connectivity index (χ1) is 34.0. The second kappa shape index (κ2) is 22.6. The van der Waals surface area contributed by atoms with Crippen molar-refractivity contribution >= 4 is 34.1 Å². The van der Waals surface area contributed by atoms with Crippen molar-refractivity contribution in [3.05, 3.63) is 216 Å². The van der Waals surface area contributed by atoms with Crippen molar-refractivity contribution in [2.75, 3.05) is 9.80 Å². The molecule has 2 nitrogen and oxygen atoms in total. The van der Waals surface area contributed by atoms with E-state index in [2.05, 4.69) is 232 Å². The van der Waals surface area contributed by atoms with Crippen molar-refractivity contribution in [2.24, 2.45) is 0 Å². The van der Waals surface area contributed by atoms with Gasteiger partial charge in [-0.05, 0) is 121 Å². The fourth-order valence-corrected chi connectivity index (χ4v) is 11.1. The second-order valence-corrected chi connectivity index (χ2v) is 19.7. The Morgan fingerprint density at radius 3 is 1.07 bits per heavy atom. The largest absolute Gasteiger partial charge is 0.310 e. The van der Waals surface area contributed by atoms with E-state index < -0.39 is 0 Å². The number of anilines is 6. The molecule has 1 aliphatic rings. The lowest BCUT2D eigenvalue weighted by Crippen LogP contribution is -2.26. The maximum atomic E-state index is 2.62. The van der Waals surface area contributed by atoms with Gasteiger partial charge in [-0.15, -0.1) is 0 Å². The van der Waals surface area contributed by atoms with Crippen molar-refractivity contribution in [2.45, 2.75) is 123 Å².